The van der Waals surface area contributed by atoms with E-state index in [9.17, 15) is 4.57 Å². The first-order valence-electron chi connectivity index (χ1n) is 8.18. The lowest BCUT2D eigenvalue weighted by Crippen LogP contribution is -2.01. The summed E-state index contributed by atoms with van der Waals surface area (Å²) in [6.07, 6.45) is 12.6. The summed E-state index contributed by atoms with van der Waals surface area (Å²) in [5.74, 6) is 0. The molecule has 0 aliphatic carbocycles. The minimum atomic E-state index is -2.62. The van der Waals surface area contributed by atoms with Crippen LogP contribution in [0.1, 0.15) is 72.1 Å². The van der Waals surface area contributed by atoms with Gasteiger partial charge in [-0.1, -0.05) is 52.2 Å². The Hall–Kier alpha value is -0.330. The second kappa shape index (κ2) is 12.4. The van der Waals surface area contributed by atoms with E-state index < -0.39 is 7.37 Å². The van der Waals surface area contributed by atoms with E-state index in [2.05, 4.69) is 33.4 Å². The molecule has 0 radical (unpaired) electrons. The molecule has 0 spiro atoms. The fourth-order valence-corrected chi connectivity index (χ4v) is 4.65. The van der Waals surface area contributed by atoms with Gasteiger partial charge in [0.1, 0.15) is 0 Å². The smallest absolute Gasteiger partial charge is 0.227 e. The van der Waals surface area contributed by atoms with Gasteiger partial charge >= 0.3 is 0 Å². The number of hydrogen-bond donors (Lipinski definition) is 0. The molecule has 0 bridgehead atoms. The van der Waals surface area contributed by atoms with E-state index in [4.69, 9.17) is 4.52 Å². The maximum absolute atomic E-state index is 13.2. The first kappa shape index (κ1) is 19.7. The first-order valence-corrected chi connectivity index (χ1v) is 9.99. The Morgan fingerprint density at radius 1 is 1.10 bits per heavy atom. The topological polar surface area (TPSA) is 26.3 Å². The molecule has 0 aromatic carbocycles. The number of hydrogen-bond acceptors (Lipinski definition) is 2. The molecule has 1 atom stereocenters. The maximum Gasteiger partial charge on any atom is 0.227 e. The van der Waals surface area contributed by atoms with Crippen LogP contribution in [0.3, 0.4) is 0 Å². The van der Waals surface area contributed by atoms with Crippen LogP contribution in [0, 0.1) is 0 Å². The fraction of sp³-hybridized carbons (Fsp3) is 0.765. The van der Waals surface area contributed by atoms with Crippen LogP contribution < -0.4 is 0 Å². The van der Waals surface area contributed by atoms with Crippen molar-refractivity contribution >= 4 is 7.37 Å². The van der Waals surface area contributed by atoms with Crippen LogP contribution in [0.2, 0.25) is 0 Å². The lowest BCUT2D eigenvalue weighted by molar-refractivity contribution is 0.308. The Morgan fingerprint density at radius 3 is 2.40 bits per heavy atom. The van der Waals surface area contributed by atoms with Gasteiger partial charge in [-0.25, -0.2) is 0 Å². The van der Waals surface area contributed by atoms with Crippen molar-refractivity contribution in [3.63, 3.8) is 0 Å². The SMILES string of the molecule is C=CCCCP(=O)(OCCCC)/C(=C/CCC)CCC. The van der Waals surface area contributed by atoms with Crippen LogP contribution >= 0.6 is 7.37 Å². The number of allylic oxidation sites excluding steroid dienone is 3. The Morgan fingerprint density at radius 2 is 1.85 bits per heavy atom. The van der Waals surface area contributed by atoms with Gasteiger partial charge in [0, 0.05) is 11.5 Å². The summed E-state index contributed by atoms with van der Waals surface area (Å²) in [6.45, 7) is 10.8. The molecule has 0 fully saturated rings. The van der Waals surface area contributed by atoms with Gasteiger partial charge in [0.15, 0.2) is 0 Å². The molecule has 0 aromatic rings. The molecule has 0 N–H and O–H groups in total. The van der Waals surface area contributed by atoms with E-state index in [0.717, 1.165) is 56.7 Å². The summed E-state index contributed by atoms with van der Waals surface area (Å²) in [6, 6.07) is 0. The largest absolute Gasteiger partial charge is 0.325 e. The molecule has 0 rings (SSSR count). The normalized spacial score (nSPS) is 15.1. The van der Waals surface area contributed by atoms with Crippen molar-refractivity contribution in [2.24, 2.45) is 0 Å². The molecule has 3 heteroatoms. The number of rotatable bonds is 13. The average Bonchev–Trinajstić information content (AvgIpc) is 2.44. The highest BCUT2D eigenvalue weighted by molar-refractivity contribution is 7.63. The van der Waals surface area contributed by atoms with Crippen LogP contribution in [0.15, 0.2) is 24.0 Å². The third-order valence-electron chi connectivity index (χ3n) is 3.27. The van der Waals surface area contributed by atoms with E-state index in [1.165, 1.54) is 0 Å². The summed E-state index contributed by atoms with van der Waals surface area (Å²) < 4.78 is 19.1. The van der Waals surface area contributed by atoms with Crippen LogP contribution in [0.4, 0.5) is 0 Å². The van der Waals surface area contributed by atoms with Crippen molar-refractivity contribution in [2.45, 2.75) is 72.1 Å². The van der Waals surface area contributed by atoms with Gasteiger partial charge in [0.05, 0.1) is 6.61 Å². The van der Waals surface area contributed by atoms with Gasteiger partial charge < -0.3 is 4.52 Å². The molecule has 0 aliphatic heterocycles. The highest BCUT2D eigenvalue weighted by atomic mass is 31.2. The lowest BCUT2D eigenvalue weighted by Gasteiger charge is -2.22. The lowest BCUT2D eigenvalue weighted by atomic mass is 10.2. The highest BCUT2D eigenvalue weighted by Gasteiger charge is 2.26. The standard InChI is InChI=1S/C17H33O2P/c1-5-9-12-16-20(18,19-15-11-7-3)17(13-8-4)14-10-6-2/h5,14H,1,6-13,15-16H2,2-4H3/b17-14+. The van der Waals surface area contributed by atoms with Crippen LogP contribution in [0.5, 0.6) is 0 Å². The van der Waals surface area contributed by atoms with Gasteiger partial charge in [-0.3, -0.25) is 4.57 Å². The van der Waals surface area contributed by atoms with Crippen molar-refractivity contribution < 1.29 is 9.09 Å². The molecule has 0 amide bonds. The van der Waals surface area contributed by atoms with Gasteiger partial charge in [-0.2, -0.15) is 0 Å². The summed E-state index contributed by atoms with van der Waals surface area (Å²) in [4.78, 5) is 0. The summed E-state index contributed by atoms with van der Waals surface area (Å²) in [7, 11) is -2.62. The molecule has 0 aliphatic rings. The Balaban J connectivity index is 4.90. The second-order valence-corrected chi connectivity index (χ2v) is 7.88. The van der Waals surface area contributed by atoms with Crippen molar-refractivity contribution in [1.82, 2.24) is 0 Å². The Bertz CT molecular complexity index is 321. The second-order valence-electron chi connectivity index (χ2n) is 5.25. The number of unbranched alkanes of at least 4 members (excludes halogenated alkanes) is 3. The zero-order valence-electron chi connectivity index (χ0n) is 13.7. The van der Waals surface area contributed by atoms with Gasteiger partial charge in [-0.15, -0.1) is 6.58 Å². The van der Waals surface area contributed by atoms with Crippen molar-refractivity contribution in [3.8, 4) is 0 Å². The van der Waals surface area contributed by atoms with Gasteiger partial charge in [0.2, 0.25) is 7.37 Å². The van der Waals surface area contributed by atoms with E-state index in [1.54, 1.807) is 0 Å². The van der Waals surface area contributed by atoms with Crippen LogP contribution in [0.25, 0.3) is 0 Å². The first-order chi connectivity index (χ1) is 9.64. The molecule has 0 heterocycles. The molecule has 118 valence electrons. The van der Waals surface area contributed by atoms with E-state index >= 15 is 0 Å². The zero-order chi connectivity index (χ0) is 15.3. The van der Waals surface area contributed by atoms with Gasteiger partial charge in [-0.05, 0) is 32.1 Å². The molecular formula is C17H33O2P. The van der Waals surface area contributed by atoms with Crippen LogP contribution in [-0.4, -0.2) is 12.8 Å². The Labute approximate surface area is 126 Å². The quantitative estimate of drug-likeness (QED) is 0.219. The highest BCUT2D eigenvalue weighted by Crippen LogP contribution is 2.57. The monoisotopic (exact) mass is 300 g/mol. The van der Waals surface area contributed by atoms with E-state index in [-0.39, 0.29) is 0 Å². The van der Waals surface area contributed by atoms with Crippen molar-refractivity contribution in [3.05, 3.63) is 24.0 Å². The summed E-state index contributed by atoms with van der Waals surface area (Å²) >= 11 is 0. The van der Waals surface area contributed by atoms with Gasteiger partial charge in [0.25, 0.3) is 0 Å². The van der Waals surface area contributed by atoms with E-state index in [1.807, 2.05) is 6.08 Å². The van der Waals surface area contributed by atoms with Crippen molar-refractivity contribution in [2.75, 3.05) is 12.8 Å². The molecule has 0 saturated heterocycles. The fourth-order valence-electron chi connectivity index (χ4n) is 2.07. The third kappa shape index (κ3) is 8.07. The predicted octanol–water partition coefficient (Wildman–Crippen LogP) is 6.53. The van der Waals surface area contributed by atoms with E-state index in [0.29, 0.717) is 12.8 Å². The minimum absolute atomic E-state index is 0.620. The molecule has 0 aromatic heterocycles. The minimum Gasteiger partial charge on any atom is -0.325 e. The maximum atomic E-state index is 13.2. The summed E-state index contributed by atoms with van der Waals surface area (Å²) in [5.41, 5.74) is 0. The summed E-state index contributed by atoms with van der Waals surface area (Å²) in [5, 5.41) is 1.07. The molecule has 2 nitrogen and oxygen atoms in total. The average molecular weight is 300 g/mol. The molecule has 20 heavy (non-hydrogen) atoms. The van der Waals surface area contributed by atoms with Crippen molar-refractivity contribution in [1.29, 1.82) is 0 Å². The third-order valence-corrected chi connectivity index (χ3v) is 6.06. The molecule has 0 saturated carbocycles. The molecular weight excluding hydrogens is 267 g/mol. The Kier molecular flexibility index (Phi) is 12.2. The molecule has 1 unspecified atom stereocenters. The predicted molar refractivity (Wildman–Crippen MR) is 90.7 cm³/mol. The van der Waals surface area contributed by atoms with Crippen LogP contribution in [-0.2, 0) is 9.09 Å². The zero-order valence-corrected chi connectivity index (χ0v) is 14.6.